The first-order chi connectivity index (χ1) is 14.5. The molecule has 0 aliphatic heterocycles. The van der Waals surface area contributed by atoms with Gasteiger partial charge in [0.15, 0.2) is 5.69 Å². The molecule has 3 aromatic rings. The quantitative estimate of drug-likeness (QED) is 0.492. The van der Waals surface area contributed by atoms with Gasteiger partial charge in [-0.1, -0.05) is 29.3 Å². The molecule has 3 amide bonds. The zero-order valence-corrected chi connectivity index (χ0v) is 16.4. The van der Waals surface area contributed by atoms with Crippen LogP contribution in [0.5, 0.6) is 0 Å². The Morgan fingerprint density at radius 1 is 1.00 bits per heavy atom. The molecule has 0 saturated carbocycles. The van der Waals surface area contributed by atoms with E-state index in [4.69, 9.17) is 23.2 Å². The molecule has 2 N–H and O–H groups in total. The SMILES string of the molecule is O=C(NC(=O)c1c(F)cccc1F)Nc1ccc(-n2nc(C(F)(F)F)cc2Cl)c(Cl)c1. The molecule has 162 valence electrons. The lowest BCUT2D eigenvalue weighted by atomic mass is 10.2. The molecule has 1 heterocycles. The van der Waals surface area contributed by atoms with Gasteiger partial charge in [-0.2, -0.15) is 18.3 Å². The van der Waals surface area contributed by atoms with Crippen molar-refractivity contribution in [1.29, 1.82) is 0 Å². The number of amides is 3. The Hall–Kier alpha value is -3.18. The second-order valence-electron chi connectivity index (χ2n) is 5.93. The molecule has 0 aliphatic carbocycles. The second-order valence-corrected chi connectivity index (χ2v) is 6.73. The maximum Gasteiger partial charge on any atom is 0.435 e. The van der Waals surface area contributed by atoms with Crippen LogP contribution in [0.3, 0.4) is 0 Å². The number of urea groups is 1. The third-order valence-corrected chi connectivity index (χ3v) is 4.38. The van der Waals surface area contributed by atoms with Gasteiger partial charge in [0.25, 0.3) is 5.91 Å². The number of rotatable bonds is 3. The minimum absolute atomic E-state index is 0.0161. The fourth-order valence-corrected chi connectivity index (χ4v) is 2.96. The lowest BCUT2D eigenvalue weighted by molar-refractivity contribution is -0.141. The third kappa shape index (κ3) is 4.94. The maximum atomic E-state index is 13.6. The summed E-state index contributed by atoms with van der Waals surface area (Å²) in [6, 6.07) is 5.83. The van der Waals surface area contributed by atoms with E-state index < -0.39 is 41.0 Å². The molecule has 0 saturated heterocycles. The molecule has 6 nitrogen and oxygen atoms in total. The summed E-state index contributed by atoms with van der Waals surface area (Å²) in [5.74, 6) is -3.64. The van der Waals surface area contributed by atoms with E-state index in [2.05, 4.69) is 10.4 Å². The number of aromatic nitrogens is 2. The molecule has 0 unspecified atom stereocenters. The average Bonchev–Trinajstić information content (AvgIpc) is 3.03. The minimum atomic E-state index is -4.72. The van der Waals surface area contributed by atoms with Gasteiger partial charge in [-0.15, -0.1) is 0 Å². The first-order valence-corrected chi connectivity index (χ1v) is 8.92. The van der Waals surface area contributed by atoms with Crippen molar-refractivity contribution in [3.05, 3.63) is 75.5 Å². The molecule has 0 atom stereocenters. The number of nitrogens with one attached hydrogen (secondary N) is 2. The summed E-state index contributed by atoms with van der Waals surface area (Å²) < 4.78 is 66.3. The van der Waals surface area contributed by atoms with E-state index in [0.29, 0.717) is 6.07 Å². The van der Waals surface area contributed by atoms with Gasteiger partial charge in [-0.25, -0.2) is 18.3 Å². The average molecular weight is 479 g/mol. The molecule has 13 heteroatoms. The number of carbonyl (C=O) groups is 2. The van der Waals surface area contributed by atoms with Crippen LogP contribution in [0.1, 0.15) is 16.1 Å². The molecular weight excluding hydrogens is 470 g/mol. The Bertz CT molecular complexity index is 1160. The van der Waals surface area contributed by atoms with E-state index in [1.807, 2.05) is 0 Å². The predicted molar refractivity (Wildman–Crippen MR) is 101 cm³/mol. The molecule has 31 heavy (non-hydrogen) atoms. The molecule has 1 aromatic heterocycles. The molecule has 0 fully saturated rings. The highest BCUT2D eigenvalue weighted by molar-refractivity contribution is 6.33. The molecular formula is C18H9Cl2F5N4O2. The van der Waals surface area contributed by atoms with E-state index in [9.17, 15) is 31.5 Å². The first-order valence-electron chi connectivity index (χ1n) is 8.16. The van der Waals surface area contributed by atoms with Crippen molar-refractivity contribution in [3.8, 4) is 5.69 Å². The van der Waals surface area contributed by atoms with Crippen LogP contribution in [0, 0.1) is 11.6 Å². The third-order valence-electron chi connectivity index (χ3n) is 3.81. The van der Waals surface area contributed by atoms with Crippen LogP contribution in [-0.4, -0.2) is 21.7 Å². The van der Waals surface area contributed by atoms with E-state index in [-0.39, 0.29) is 21.6 Å². The highest BCUT2D eigenvalue weighted by atomic mass is 35.5. The van der Waals surface area contributed by atoms with Crippen molar-refractivity contribution in [2.45, 2.75) is 6.18 Å². The monoisotopic (exact) mass is 478 g/mol. The first kappa shape index (κ1) is 22.5. The van der Waals surface area contributed by atoms with Crippen molar-refractivity contribution < 1.29 is 31.5 Å². The van der Waals surface area contributed by atoms with Gasteiger partial charge >= 0.3 is 12.2 Å². The predicted octanol–water partition coefficient (Wildman–Crippen LogP) is 5.44. The van der Waals surface area contributed by atoms with Gasteiger partial charge < -0.3 is 5.32 Å². The van der Waals surface area contributed by atoms with Gasteiger partial charge in [-0.05, 0) is 30.3 Å². The van der Waals surface area contributed by atoms with Crippen LogP contribution in [0.15, 0.2) is 42.5 Å². The lowest BCUT2D eigenvalue weighted by Gasteiger charge is -2.11. The topological polar surface area (TPSA) is 76.0 Å². The fraction of sp³-hybridized carbons (Fsp3) is 0.0556. The van der Waals surface area contributed by atoms with Crippen molar-refractivity contribution in [3.63, 3.8) is 0 Å². The van der Waals surface area contributed by atoms with Gasteiger partial charge in [0, 0.05) is 11.8 Å². The zero-order chi connectivity index (χ0) is 22.9. The summed E-state index contributed by atoms with van der Waals surface area (Å²) in [5, 5.41) is 6.81. The van der Waals surface area contributed by atoms with Crippen LogP contribution in [0.25, 0.3) is 5.69 Å². The standard InChI is InChI=1S/C18H9Cl2F5N4O2/c19-9-6-8(4-5-12(9)29-14(20)7-13(28-29)18(23,24)25)26-17(31)27-16(30)15-10(21)2-1-3-11(15)22/h1-7H,(H2,26,27,30,31). The van der Waals surface area contributed by atoms with Gasteiger partial charge in [0.2, 0.25) is 0 Å². The molecule has 0 aliphatic rings. The van der Waals surface area contributed by atoms with Gasteiger partial charge in [0.05, 0.1) is 10.7 Å². The summed E-state index contributed by atoms with van der Waals surface area (Å²) >= 11 is 11.8. The second kappa shape index (κ2) is 8.52. The number of imide groups is 1. The van der Waals surface area contributed by atoms with Crippen LogP contribution in [-0.2, 0) is 6.18 Å². The summed E-state index contributed by atoms with van der Waals surface area (Å²) in [7, 11) is 0. The number of halogens is 7. The molecule has 2 aromatic carbocycles. The zero-order valence-electron chi connectivity index (χ0n) is 14.9. The Morgan fingerprint density at radius 3 is 2.19 bits per heavy atom. The summed E-state index contributed by atoms with van der Waals surface area (Å²) in [6.07, 6.45) is -4.72. The number of nitrogens with zero attached hydrogens (tertiary/aromatic N) is 2. The minimum Gasteiger partial charge on any atom is -0.308 e. The molecule has 0 spiro atoms. The fourth-order valence-electron chi connectivity index (χ4n) is 2.46. The molecule has 3 rings (SSSR count). The normalized spacial score (nSPS) is 11.3. The molecule has 0 radical (unpaired) electrons. The van der Waals surface area contributed by atoms with Crippen LogP contribution in [0.2, 0.25) is 10.2 Å². The van der Waals surface area contributed by atoms with Crippen LogP contribution < -0.4 is 10.6 Å². The number of anilines is 1. The number of alkyl halides is 3. The number of hydrogen-bond donors (Lipinski definition) is 2. The van der Waals surface area contributed by atoms with Crippen molar-refractivity contribution in [2.24, 2.45) is 0 Å². The highest BCUT2D eigenvalue weighted by Gasteiger charge is 2.35. The lowest BCUT2D eigenvalue weighted by Crippen LogP contribution is -2.35. The number of benzene rings is 2. The van der Waals surface area contributed by atoms with E-state index in [0.717, 1.165) is 28.9 Å². The van der Waals surface area contributed by atoms with E-state index in [1.165, 1.54) is 12.1 Å². The van der Waals surface area contributed by atoms with Crippen LogP contribution in [0.4, 0.5) is 32.4 Å². The number of hydrogen-bond acceptors (Lipinski definition) is 3. The van der Waals surface area contributed by atoms with Crippen molar-refractivity contribution in [1.82, 2.24) is 15.1 Å². The van der Waals surface area contributed by atoms with Crippen molar-refractivity contribution >= 4 is 40.8 Å². The van der Waals surface area contributed by atoms with E-state index >= 15 is 0 Å². The smallest absolute Gasteiger partial charge is 0.308 e. The van der Waals surface area contributed by atoms with Gasteiger partial charge in [-0.3, -0.25) is 10.1 Å². The highest BCUT2D eigenvalue weighted by Crippen LogP contribution is 2.33. The summed E-state index contributed by atoms with van der Waals surface area (Å²) in [5.41, 5.74) is -2.17. The summed E-state index contributed by atoms with van der Waals surface area (Å²) in [4.78, 5) is 23.9. The maximum absolute atomic E-state index is 13.6. The Morgan fingerprint density at radius 2 is 1.65 bits per heavy atom. The van der Waals surface area contributed by atoms with Crippen LogP contribution >= 0.6 is 23.2 Å². The Kier molecular flexibility index (Phi) is 6.18. The van der Waals surface area contributed by atoms with Crippen molar-refractivity contribution in [2.75, 3.05) is 5.32 Å². The summed E-state index contributed by atoms with van der Waals surface area (Å²) in [6.45, 7) is 0. The largest absolute Gasteiger partial charge is 0.435 e. The Balaban J connectivity index is 1.76. The number of carbonyl (C=O) groups excluding carboxylic acids is 2. The van der Waals surface area contributed by atoms with Gasteiger partial charge in [0.1, 0.15) is 22.4 Å². The Labute approximate surface area is 180 Å². The molecule has 0 bridgehead atoms. The van der Waals surface area contributed by atoms with E-state index in [1.54, 1.807) is 5.32 Å².